The normalized spacial score (nSPS) is 13.8. The van der Waals surface area contributed by atoms with Crippen LogP contribution in [0.5, 0.6) is 0 Å². The summed E-state index contributed by atoms with van der Waals surface area (Å²) in [6, 6.07) is 4.47. The largest absolute Gasteiger partial charge is 0.396 e. The van der Waals surface area contributed by atoms with Crippen LogP contribution in [0.2, 0.25) is 0 Å². The Morgan fingerprint density at radius 3 is 1.88 bits per heavy atom. The standard InChI is InChI=1S/C16H26O/c1-11-7-12(2)15(13(3)8-11)9-14(10-17)16(4,5)6/h7-8,14,17H,9-10H2,1-6H3. The summed E-state index contributed by atoms with van der Waals surface area (Å²) in [7, 11) is 0. The molecule has 1 aromatic carbocycles. The van der Waals surface area contributed by atoms with Crippen LogP contribution in [-0.4, -0.2) is 11.7 Å². The summed E-state index contributed by atoms with van der Waals surface area (Å²) in [4.78, 5) is 0. The first-order valence-electron chi connectivity index (χ1n) is 6.43. The number of aliphatic hydroxyl groups is 1. The van der Waals surface area contributed by atoms with Crippen LogP contribution in [0.1, 0.15) is 43.0 Å². The van der Waals surface area contributed by atoms with E-state index in [0.717, 1.165) is 6.42 Å². The monoisotopic (exact) mass is 234 g/mol. The molecule has 0 aromatic heterocycles. The van der Waals surface area contributed by atoms with Crippen molar-refractivity contribution >= 4 is 0 Å². The van der Waals surface area contributed by atoms with Gasteiger partial charge in [0.15, 0.2) is 0 Å². The lowest BCUT2D eigenvalue weighted by Crippen LogP contribution is -2.26. The van der Waals surface area contributed by atoms with Gasteiger partial charge in [0.25, 0.3) is 0 Å². The van der Waals surface area contributed by atoms with Crippen LogP contribution in [0, 0.1) is 32.1 Å². The third-order valence-electron chi connectivity index (χ3n) is 3.74. The van der Waals surface area contributed by atoms with E-state index in [2.05, 4.69) is 53.7 Å². The summed E-state index contributed by atoms with van der Waals surface area (Å²) < 4.78 is 0. The topological polar surface area (TPSA) is 20.2 Å². The van der Waals surface area contributed by atoms with Crippen molar-refractivity contribution in [3.8, 4) is 0 Å². The first kappa shape index (κ1) is 14.2. The van der Waals surface area contributed by atoms with Crippen LogP contribution >= 0.6 is 0 Å². The zero-order valence-electron chi connectivity index (χ0n) is 12.1. The summed E-state index contributed by atoms with van der Waals surface area (Å²) in [6.07, 6.45) is 0.970. The number of aliphatic hydroxyl groups excluding tert-OH is 1. The molecular formula is C16H26O. The van der Waals surface area contributed by atoms with Crippen molar-refractivity contribution in [3.63, 3.8) is 0 Å². The van der Waals surface area contributed by atoms with Crippen LogP contribution < -0.4 is 0 Å². The lowest BCUT2D eigenvalue weighted by molar-refractivity contribution is 0.131. The number of aryl methyl sites for hydroxylation is 3. The Bertz CT molecular complexity index is 362. The Hall–Kier alpha value is -0.820. The fourth-order valence-corrected chi connectivity index (χ4v) is 2.42. The highest BCUT2D eigenvalue weighted by molar-refractivity contribution is 5.37. The van der Waals surface area contributed by atoms with Crippen molar-refractivity contribution in [2.24, 2.45) is 11.3 Å². The zero-order chi connectivity index (χ0) is 13.2. The Morgan fingerprint density at radius 1 is 1.06 bits per heavy atom. The van der Waals surface area contributed by atoms with Gasteiger partial charge in [-0.3, -0.25) is 0 Å². The third-order valence-corrected chi connectivity index (χ3v) is 3.74. The van der Waals surface area contributed by atoms with Gasteiger partial charge in [-0.25, -0.2) is 0 Å². The van der Waals surface area contributed by atoms with Gasteiger partial charge in [0.2, 0.25) is 0 Å². The van der Waals surface area contributed by atoms with Crippen LogP contribution in [-0.2, 0) is 6.42 Å². The van der Waals surface area contributed by atoms with Crippen molar-refractivity contribution in [1.29, 1.82) is 0 Å². The number of rotatable bonds is 3. The molecule has 1 N–H and O–H groups in total. The lowest BCUT2D eigenvalue weighted by atomic mass is 9.76. The Kier molecular flexibility index (Phi) is 4.37. The van der Waals surface area contributed by atoms with Gasteiger partial charge >= 0.3 is 0 Å². The molecule has 1 unspecified atom stereocenters. The predicted octanol–water partition coefficient (Wildman–Crippen LogP) is 3.81. The molecule has 17 heavy (non-hydrogen) atoms. The van der Waals surface area contributed by atoms with E-state index in [1.165, 1.54) is 22.3 Å². The second kappa shape index (κ2) is 5.22. The minimum absolute atomic E-state index is 0.151. The van der Waals surface area contributed by atoms with E-state index >= 15 is 0 Å². The quantitative estimate of drug-likeness (QED) is 0.843. The second-order valence-electron chi connectivity index (χ2n) is 6.33. The number of hydrogen-bond acceptors (Lipinski definition) is 1. The molecule has 0 heterocycles. The predicted molar refractivity (Wildman–Crippen MR) is 74.4 cm³/mol. The highest BCUT2D eigenvalue weighted by Crippen LogP contribution is 2.30. The van der Waals surface area contributed by atoms with Gasteiger partial charge < -0.3 is 5.11 Å². The van der Waals surface area contributed by atoms with Gasteiger partial charge in [-0.2, -0.15) is 0 Å². The highest BCUT2D eigenvalue weighted by Gasteiger charge is 2.25. The Labute approximate surface area is 106 Å². The van der Waals surface area contributed by atoms with E-state index in [1.807, 2.05) is 0 Å². The second-order valence-corrected chi connectivity index (χ2v) is 6.33. The van der Waals surface area contributed by atoms with Crippen LogP contribution in [0.4, 0.5) is 0 Å². The smallest absolute Gasteiger partial charge is 0.0467 e. The van der Waals surface area contributed by atoms with Gasteiger partial charge in [0.1, 0.15) is 0 Å². The SMILES string of the molecule is Cc1cc(C)c(CC(CO)C(C)(C)C)c(C)c1. The third kappa shape index (κ3) is 3.57. The molecule has 0 radical (unpaired) electrons. The van der Waals surface area contributed by atoms with Crippen molar-refractivity contribution in [3.05, 3.63) is 34.4 Å². The van der Waals surface area contributed by atoms with Gasteiger partial charge in [-0.1, -0.05) is 38.5 Å². The molecule has 0 aliphatic rings. The van der Waals surface area contributed by atoms with Crippen molar-refractivity contribution in [1.82, 2.24) is 0 Å². The summed E-state index contributed by atoms with van der Waals surface area (Å²) in [5.74, 6) is 0.322. The minimum atomic E-state index is 0.151. The van der Waals surface area contributed by atoms with Gasteiger partial charge in [-0.05, 0) is 55.2 Å². The molecule has 0 amide bonds. The van der Waals surface area contributed by atoms with E-state index < -0.39 is 0 Å². The van der Waals surface area contributed by atoms with Gasteiger partial charge in [0.05, 0.1) is 0 Å². The van der Waals surface area contributed by atoms with Crippen molar-refractivity contribution in [2.75, 3.05) is 6.61 Å². The molecule has 0 saturated carbocycles. The van der Waals surface area contributed by atoms with E-state index in [0.29, 0.717) is 5.92 Å². The molecule has 1 nitrogen and oxygen atoms in total. The van der Waals surface area contributed by atoms with Crippen molar-refractivity contribution in [2.45, 2.75) is 48.0 Å². The average Bonchev–Trinajstić information content (AvgIpc) is 2.14. The molecule has 1 aromatic rings. The first-order valence-corrected chi connectivity index (χ1v) is 6.43. The maximum Gasteiger partial charge on any atom is 0.0467 e. The molecule has 96 valence electrons. The average molecular weight is 234 g/mol. The maximum absolute atomic E-state index is 9.56. The Balaban J connectivity index is 3.02. The first-order chi connectivity index (χ1) is 7.75. The van der Waals surface area contributed by atoms with Crippen LogP contribution in [0.3, 0.4) is 0 Å². The van der Waals surface area contributed by atoms with Gasteiger partial charge in [-0.15, -0.1) is 0 Å². The summed E-state index contributed by atoms with van der Waals surface area (Å²) in [5, 5.41) is 9.56. The molecule has 0 bridgehead atoms. The summed E-state index contributed by atoms with van der Waals surface area (Å²) >= 11 is 0. The molecular weight excluding hydrogens is 208 g/mol. The molecule has 0 fully saturated rings. The molecule has 1 atom stereocenters. The van der Waals surface area contributed by atoms with Crippen LogP contribution in [0.15, 0.2) is 12.1 Å². The van der Waals surface area contributed by atoms with E-state index in [1.54, 1.807) is 0 Å². The zero-order valence-corrected chi connectivity index (χ0v) is 12.1. The molecule has 0 saturated heterocycles. The Morgan fingerprint density at radius 2 is 1.53 bits per heavy atom. The number of hydrogen-bond donors (Lipinski definition) is 1. The fourth-order valence-electron chi connectivity index (χ4n) is 2.42. The molecule has 1 heteroatoms. The number of benzene rings is 1. The fraction of sp³-hybridized carbons (Fsp3) is 0.625. The van der Waals surface area contributed by atoms with Crippen molar-refractivity contribution < 1.29 is 5.11 Å². The molecule has 0 spiro atoms. The minimum Gasteiger partial charge on any atom is -0.396 e. The molecule has 1 rings (SSSR count). The summed E-state index contributed by atoms with van der Waals surface area (Å²) in [6.45, 7) is 13.3. The maximum atomic E-state index is 9.56. The highest BCUT2D eigenvalue weighted by atomic mass is 16.3. The lowest BCUT2D eigenvalue weighted by Gasteiger charge is -2.30. The van der Waals surface area contributed by atoms with Gasteiger partial charge in [0, 0.05) is 6.61 Å². The molecule has 0 aliphatic carbocycles. The molecule has 0 aliphatic heterocycles. The van der Waals surface area contributed by atoms with E-state index in [9.17, 15) is 5.11 Å². The van der Waals surface area contributed by atoms with Crippen LogP contribution in [0.25, 0.3) is 0 Å². The van der Waals surface area contributed by atoms with E-state index in [-0.39, 0.29) is 12.0 Å². The van der Waals surface area contributed by atoms with E-state index in [4.69, 9.17) is 0 Å². The summed E-state index contributed by atoms with van der Waals surface area (Å²) in [5.41, 5.74) is 5.58.